The van der Waals surface area contributed by atoms with Crippen LogP contribution in [0.3, 0.4) is 0 Å². The standard InChI is InChI=1S/C33H43N5O9S/c1-6-21-18-33(21,30(41)37-48(43,44)23-11-12-23)36-27(39)25-17-22(47-28-24-10-8-7-9-20(24)13-14-34-28)19-38(25)29(40)26(32(2,3)4)35-31(42)46-16-15-45-5/h6-10,13-14,21-23,25-26H,1,11-12,15-19H2,2-5H3,(H,35,42)(H,36,39)(H,37,41)/t21-,22+,25+,26+,33-/m0/s1. The molecule has 15 heteroatoms. The fraction of sp³-hybridized carbons (Fsp3) is 0.545. The van der Waals surface area contributed by atoms with Gasteiger partial charge < -0.3 is 29.7 Å². The zero-order chi connectivity index (χ0) is 34.9. The number of carbonyl (C=O) groups is 4. The summed E-state index contributed by atoms with van der Waals surface area (Å²) in [5, 5.41) is 6.41. The van der Waals surface area contributed by atoms with Gasteiger partial charge in [-0.3, -0.25) is 19.1 Å². The summed E-state index contributed by atoms with van der Waals surface area (Å²) in [7, 11) is -2.42. The van der Waals surface area contributed by atoms with Crippen LogP contribution in [0.4, 0.5) is 4.79 Å². The van der Waals surface area contributed by atoms with Gasteiger partial charge in [-0.2, -0.15) is 0 Å². The molecular formula is C33H43N5O9S. The molecule has 5 rings (SSSR count). The Morgan fingerprint density at radius 1 is 1.15 bits per heavy atom. The molecule has 2 aliphatic carbocycles. The summed E-state index contributed by atoms with van der Waals surface area (Å²) in [6, 6.07) is 7.10. The van der Waals surface area contributed by atoms with Crippen molar-refractivity contribution >= 4 is 44.6 Å². The van der Waals surface area contributed by atoms with E-state index in [1.165, 1.54) is 18.1 Å². The number of fused-ring (bicyclic) bond motifs is 1. The van der Waals surface area contributed by atoms with E-state index in [0.717, 1.165) is 10.8 Å². The lowest BCUT2D eigenvalue weighted by atomic mass is 9.85. The van der Waals surface area contributed by atoms with Gasteiger partial charge in [-0.25, -0.2) is 18.2 Å². The number of likely N-dealkylation sites (tertiary alicyclic amines) is 1. The Bertz CT molecular complexity index is 1680. The van der Waals surface area contributed by atoms with E-state index in [2.05, 4.69) is 26.9 Å². The molecule has 0 radical (unpaired) electrons. The fourth-order valence-electron chi connectivity index (χ4n) is 5.93. The maximum atomic E-state index is 14.3. The van der Waals surface area contributed by atoms with Crippen LogP contribution < -0.4 is 20.1 Å². The molecule has 2 saturated carbocycles. The average Bonchev–Trinajstić information content (AvgIpc) is 3.96. The number of hydrogen-bond acceptors (Lipinski definition) is 10. The molecule has 0 unspecified atom stereocenters. The lowest BCUT2D eigenvalue weighted by molar-refractivity contribution is -0.142. The number of benzene rings is 1. The van der Waals surface area contributed by atoms with E-state index in [-0.39, 0.29) is 32.6 Å². The number of aromatic nitrogens is 1. The second-order valence-electron chi connectivity index (χ2n) is 13.6. The zero-order valence-corrected chi connectivity index (χ0v) is 28.4. The van der Waals surface area contributed by atoms with Gasteiger partial charge in [0.05, 0.1) is 18.4 Å². The first kappa shape index (κ1) is 35.1. The van der Waals surface area contributed by atoms with Gasteiger partial charge in [-0.05, 0) is 42.2 Å². The number of methoxy groups -OCH3 is 1. The highest BCUT2D eigenvalue weighted by Gasteiger charge is 2.62. The first-order valence-corrected chi connectivity index (χ1v) is 17.5. The maximum absolute atomic E-state index is 14.3. The molecule has 2 aromatic rings. The Labute approximate surface area is 280 Å². The Morgan fingerprint density at radius 2 is 1.88 bits per heavy atom. The second-order valence-corrected chi connectivity index (χ2v) is 15.5. The van der Waals surface area contributed by atoms with Crippen molar-refractivity contribution in [2.45, 2.75) is 75.4 Å². The van der Waals surface area contributed by atoms with Gasteiger partial charge in [0, 0.05) is 31.0 Å². The van der Waals surface area contributed by atoms with Crippen LogP contribution in [0.5, 0.6) is 5.88 Å². The third-order valence-corrected chi connectivity index (χ3v) is 10.7. The molecule has 260 valence electrons. The lowest BCUT2D eigenvalue weighted by Crippen LogP contribution is -2.60. The summed E-state index contributed by atoms with van der Waals surface area (Å²) in [5.41, 5.74) is -2.35. The van der Waals surface area contributed by atoms with E-state index in [0.29, 0.717) is 18.7 Å². The molecule has 0 bridgehead atoms. The molecule has 5 atom stereocenters. The van der Waals surface area contributed by atoms with Crippen LogP contribution in [0, 0.1) is 11.3 Å². The highest BCUT2D eigenvalue weighted by Crippen LogP contribution is 2.45. The molecule has 2 heterocycles. The van der Waals surface area contributed by atoms with E-state index in [4.69, 9.17) is 14.2 Å². The molecule has 0 spiro atoms. The summed E-state index contributed by atoms with van der Waals surface area (Å²) >= 11 is 0. The molecule has 1 aromatic carbocycles. The zero-order valence-electron chi connectivity index (χ0n) is 27.6. The number of nitrogens with one attached hydrogen (secondary N) is 3. The highest BCUT2D eigenvalue weighted by molar-refractivity contribution is 7.91. The molecule has 1 saturated heterocycles. The molecule has 4 amide bonds. The van der Waals surface area contributed by atoms with Crippen LogP contribution in [-0.2, 0) is 33.9 Å². The van der Waals surface area contributed by atoms with Gasteiger partial charge in [-0.1, -0.05) is 45.0 Å². The molecule has 1 aliphatic heterocycles. The largest absolute Gasteiger partial charge is 0.472 e. The molecular weight excluding hydrogens is 642 g/mol. The van der Waals surface area contributed by atoms with Crippen molar-refractivity contribution in [1.82, 2.24) is 25.2 Å². The summed E-state index contributed by atoms with van der Waals surface area (Å²) in [6.07, 6.45) is 2.69. The van der Waals surface area contributed by atoms with Gasteiger partial charge in [0.25, 0.3) is 5.91 Å². The molecule has 1 aromatic heterocycles. The van der Waals surface area contributed by atoms with Crippen LogP contribution >= 0.6 is 0 Å². The Kier molecular flexibility index (Phi) is 10.0. The monoisotopic (exact) mass is 685 g/mol. The minimum absolute atomic E-state index is 0.0266. The molecule has 14 nitrogen and oxygen atoms in total. The molecule has 3 aliphatic rings. The number of nitrogens with zero attached hydrogens (tertiary/aromatic N) is 2. The molecule has 3 fully saturated rings. The Balaban J connectivity index is 1.41. The van der Waals surface area contributed by atoms with Crippen LogP contribution in [0.1, 0.15) is 46.5 Å². The van der Waals surface area contributed by atoms with Gasteiger partial charge >= 0.3 is 6.09 Å². The number of carbonyl (C=O) groups excluding carboxylic acids is 4. The van der Waals surface area contributed by atoms with E-state index in [1.54, 1.807) is 27.0 Å². The summed E-state index contributed by atoms with van der Waals surface area (Å²) in [5.74, 6) is -2.26. The van der Waals surface area contributed by atoms with Crippen LogP contribution in [0.2, 0.25) is 0 Å². The minimum atomic E-state index is -3.89. The number of amides is 4. The summed E-state index contributed by atoms with van der Waals surface area (Å²) < 4.78 is 43.8. The minimum Gasteiger partial charge on any atom is -0.472 e. The van der Waals surface area contributed by atoms with Gasteiger partial charge in [-0.15, -0.1) is 6.58 Å². The third kappa shape index (κ3) is 7.57. The van der Waals surface area contributed by atoms with Crippen molar-refractivity contribution < 1.29 is 41.8 Å². The van der Waals surface area contributed by atoms with E-state index < -0.39 is 74.1 Å². The SMILES string of the molecule is C=C[C@H]1C[C@@]1(NC(=O)[C@H]1C[C@@H](Oc2nccc3ccccc23)CN1C(=O)[C@@H](NC(=O)OCCOC)C(C)(C)C)C(=O)NS(=O)(=O)C1CC1. The first-order valence-electron chi connectivity index (χ1n) is 15.9. The van der Waals surface area contributed by atoms with Crippen molar-refractivity contribution in [3.8, 4) is 5.88 Å². The van der Waals surface area contributed by atoms with Gasteiger partial charge in [0.1, 0.15) is 30.3 Å². The number of rotatable bonds is 13. The van der Waals surface area contributed by atoms with Crippen molar-refractivity contribution in [3.63, 3.8) is 0 Å². The normalized spacial score (nSPS) is 24.3. The fourth-order valence-corrected chi connectivity index (χ4v) is 7.29. The van der Waals surface area contributed by atoms with Crippen molar-refractivity contribution in [1.29, 1.82) is 0 Å². The first-order chi connectivity index (χ1) is 22.7. The quantitative estimate of drug-likeness (QED) is 0.208. The predicted molar refractivity (Wildman–Crippen MR) is 175 cm³/mol. The van der Waals surface area contributed by atoms with Crippen LogP contribution in [-0.4, -0.2) is 98.0 Å². The highest BCUT2D eigenvalue weighted by atomic mass is 32.2. The topological polar surface area (TPSA) is 182 Å². The maximum Gasteiger partial charge on any atom is 0.407 e. The number of hydrogen-bond donors (Lipinski definition) is 3. The average molecular weight is 686 g/mol. The number of pyridine rings is 1. The predicted octanol–water partition coefficient (Wildman–Crippen LogP) is 2.04. The van der Waals surface area contributed by atoms with Crippen molar-refractivity contribution in [2.75, 3.05) is 26.9 Å². The summed E-state index contributed by atoms with van der Waals surface area (Å²) in [4.78, 5) is 60.2. The Morgan fingerprint density at radius 3 is 2.52 bits per heavy atom. The lowest BCUT2D eigenvalue weighted by Gasteiger charge is -2.35. The Hall–Kier alpha value is -4.24. The van der Waals surface area contributed by atoms with Crippen molar-refractivity contribution in [3.05, 3.63) is 49.2 Å². The van der Waals surface area contributed by atoms with E-state index in [1.807, 2.05) is 30.3 Å². The molecule has 48 heavy (non-hydrogen) atoms. The second kappa shape index (κ2) is 13.7. The van der Waals surface area contributed by atoms with E-state index >= 15 is 0 Å². The number of sulfonamides is 1. The van der Waals surface area contributed by atoms with E-state index in [9.17, 15) is 27.6 Å². The number of ether oxygens (including phenoxy) is 3. The van der Waals surface area contributed by atoms with Crippen molar-refractivity contribution in [2.24, 2.45) is 11.3 Å². The van der Waals surface area contributed by atoms with Crippen LogP contribution in [0.15, 0.2) is 49.2 Å². The van der Waals surface area contributed by atoms with Gasteiger partial charge in [0.2, 0.25) is 27.7 Å². The molecule has 3 N–H and O–H groups in total. The van der Waals surface area contributed by atoms with Gasteiger partial charge in [0.15, 0.2) is 0 Å². The number of alkyl carbamates (subject to hydrolysis) is 1. The third-order valence-electron chi connectivity index (χ3n) is 8.91. The smallest absolute Gasteiger partial charge is 0.407 e. The summed E-state index contributed by atoms with van der Waals surface area (Å²) in [6.45, 7) is 9.16. The van der Waals surface area contributed by atoms with Crippen LogP contribution in [0.25, 0.3) is 10.8 Å².